The smallest absolute Gasteiger partial charge is 0.358 e. The van der Waals surface area contributed by atoms with Crippen molar-refractivity contribution in [2.75, 3.05) is 0 Å². The highest BCUT2D eigenvalue weighted by atomic mass is 16.4. The maximum Gasteiger partial charge on any atom is 0.358 e. The Morgan fingerprint density at radius 3 is 2.52 bits per heavy atom. The van der Waals surface area contributed by atoms with Crippen LogP contribution < -0.4 is 0 Å². The Bertz CT molecular complexity index is 754. The number of carbonyl (C=O) groups is 1. The lowest BCUT2D eigenvalue weighted by molar-refractivity contribution is 0.0691. The standard InChI is InChI=1S/C15H12N4O2/c20-15(21)13-14(12-8-4-5-9-16-12)19(18-17-13)10-11-6-2-1-3-7-11/h1-9H,10H2,(H,20,21). The van der Waals surface area contributed by atoms with Gasteiger partial charge in [0.2, 0.25) is 0 Å². The quantitative estimate of drug-likeness (QED) is 0.791. The van der Waals surface area contributed by atoms with Crippen molar-refractivity contribution in [3.8, 4) is 11.4 Å². The molecule has 0 unspecified atom stereocenters. The minimum Gasteiger partial charge on any atom is -0.476 e. The molecule has 0 saturated carbocycles. The van der Waals surface area contributed by atoms with Gasteiger partial charge in [-0.05, 0) is 17.7 Å². The maximum absolute atomic E-state index is 11.3. The molecule has 0 aliphatic heterocycles. The second-order valence-electron chi connectivity index (χ2n) is 4.45. The normalized spacial score (nSPS) is 10.5. The van der Waals surface area contributed by atoms with Gasteiger partial charge in [-0.25, -0.2) is 9.48 Å². The molecule has 1 aromatic carbocycles. The van der Waals surface area contributed by atoms with Crippen molar-refractivity contribution in [2.24, 2.45) is 0 Å². The minimum absolute atomic E-state index is 0.0929. The third-order valence-electron chi connectivity index (χ3n) is 3.02. The molecular formula is C15H12N4O2. The number of rotatable bonds is 4. The summed E-state index contributed by atoms with van der Waals surface area (Å²) in [5.74, 6) is -1.12. The first-order valence-corrected chi connectivity index (χ1v) is 6.38. The van der Waals surface area contributed by atoms with Crippen molar-refractivity contribution in [3.63, 3.8) is 0 Å². The predicted octanol–water partition coefficient (Wildman–Crippen LogP) is 2.09. The fourth-order valence-corrected chi connectivity index (χ4v) is 2.08. The van der Waals surface area contributed by atoms with Crippen LogP contribution in [0.2, 0.25) is 0 Å². The van der Waals surface area contributed by atoms with Gasteiger partial charge in [-0.3, -0.25) is 4.98 Å². The van der Waals surface area contributed by atoms with Crippen LogP contribution in [0.25, 0.3) is 11.4 Å². The van der Waals surface area contributed by atoms with E-state index in [1.165, 1.54) is 0 Å². The van der Waals surface area contributed by atoms with Crippen LogP contribution in [0.1, 0.15) is 16.1 Å². The summed E-state index contributed by atoms with van der Waals surface area (Å²) >= 11 is 0. The molecule has 2 aromatic heterocycles. The lowest BCUT2D eigenvalue weighted by Crippen LogP contribution is -2.06. The zero-order chi connectivity index (χ0) is 14.7. The van der Waals surface area contributed by atoms with Crippen molar-refractivity contribution in [2.45, 2.75) is 6.54 Å². The van der Waals surface area contributed by atoms with Crippen LogP contribution in [0, 0.1) is 0 Å². The van der Waals surface area contributed by atoms with Gasteiger partial charge in [-0.2, -0.15) is 0 Å². The van der Waals surface area contributed by atoms with Gasteiger partial charge in [0.15, 0.2) is 5.69 Å². The first-order valence-electron chi connectivity index (χ1n) is 6.38. The van der Waals surface area contributed by atoms with Gasteiger partial charge in [0.05, 0.1) is 12.2 Å². The van der Waals surface area contributed by atoms with E-state index >= 15 is 0 Å². The number of hydrogen-bond acceptors (Lipinski definition) is 4. The molecule has 1 N–H and O–H groups in total. The van der Waals surface area contributed by atoms with Crippen LogP contribution in [0.15, 0.2) is 54.7 Å². The highest BCUT2D eigenvalue weighted by Gasteiger charge is 2.21. The molecule has 0 aliphatic rings. The molecule has 0 amide bonds. The minimum atomic E-state index is -1.12. The Balaban J connectivity index is 2.07. The van der Waals surface area contributed by atoms with E-state index in [-0.39, 0.29) is 5.69 Å². The fraction of sp³-hybridized carbons (Fsp3) is 0.0667. The molecule has 0 atom stereocenters. The summed E-state index contributed by atoms with van der Waals surface area (Å²) in [6, 6.07) is 15.0. The average molecular weight is 280 g/mol. The first-order chi connectivity index (χ1) is 10.3. The van der Waals surface area contributed by atoms with Crippen LogP contribution in [-0.4, -0.2) is 31.1 Å². The zero-order valence-corrected chi connectivity index (χ0v) is 11.0. The Morgan fingerprint density at radius 2 is 1.86 bits per heavy atom. The second-order valence-corrected chi connectivity index (χ2v) is 4.45. The SMILES string of the molecule is O=C(O)c1nnn(Cc2ccccc2)c1-c1ccccn1. The monoisotopic (exact) mass is 280 g/mol. The molecule has 0 bridgehead atoms. The molecular weight excluding hydrogens is 268 g/mol. The topological polar surface area (TPSA) is 80.9 Å². The number of benzene rings is 1. The fourth-order valence-electron chi connectivity index (χ4n) is 2.08. The predicted molar refractivity (Wildman–Crippen MR) is 75.8 cm³/mol. The molecule has 0 saturated heterocycles. The highest BCUT2D eigenvalue weighted by Crippen LogP contribution is 2.20. The van der Waals surface area contributed by atoms with Gasteiger partial charge in [0, 0.05) is 6.20 Å². The van der Waals surface area contributed by atoms with E-state index in [2.05, 4.69) is 15.3 Å². The lowest BCUT2D eigenvalue weighted by atomic mass is 10.2. The van der Waals surface area contributed by atoms with Crippen molar-refractivity contribution < 1.29 is 9.90 Å². The first kappa shape index (κ1) is 13.0. The van der Waals surface area contributed by atoms with E-state index in [0.29, 0.717) is 17.9 Å². The molecule has 0 aliphatic carbocycles. The Hall–Kier alpha value is -3.02. The van der Waals surface area contributed by atoms with E-state index in [9.17, 15) is 9.90 Å². The van der Waals surface area contributed by atoms with E-state index in [0.717, 1.165) is 5.56 Å². The Morgan fingerprint density at radius 1 is 1.10 bits per heavy atom. The Labute approximate surface area is 120 Å². The molecule has 3 aromatic rings. The van der Waals surface area contributed by atoms with Crippen LogP contribution in [0.3, 0.4) is 0 Å². The average Bonchev–Trinajstić information content (AvgIpc) is 2.93. The van der Waals surface area contributed by atoms with Crippen molar-refractivity contribution >= 4 is 5.97 Å². The molecule has 2 heterocycles. The van der Waals surface area contributed by atoms with Gasteiger partial charge < -0.3 is 5.11 Å². The molecule has 0 spiro atoms. The van der Waals surface area contributed by atoms with E-state index < -0.39 is 5.97 Å². The summed E-state index contributed by atoms with van der Waals surface area (Å²) in [5.41, 5.74) is 1.86. The van der Waals surface area contributed by atoms with Gasteiger partial charge in [0.1, 0.15) is 5.69 Å². The van der Waals surface area contributed by atoms with Gasteiger partial charge >= 0.3 is 5.97 Å². The number of aromatic nitrogens is 4. The summed E-state index contributed by atoms with van der Waals surface area (Å²) in [5, 5.41) is 17.0. The third kappa shape index (κ3) is 2.64. The number of pyridine rings is 1. The summed E-state index contributed by atoms with van der Waals surface area (Å²) in [7, 11) is 0. The van der Waals surface area contributed by atoms with E-state index in [4.69, 9.17) is 0 Å². The van der Waals surface area contributed by atoms with Crippen LogP contribution in [-0.2, 0) is 6.54 Å². The van der Waals surface area contributed by atoms with Crippen LogP contribution in [0.5, 0.6) is 0 Å². The molecule has 21 heavy (non-hydrogen) atoms. The number of nitrogens with zero attached hydrogens (tertiary/aromatic N) is 4. The lowest BCUT2D eigenvalue weighted by Gasteiger charge is -2.06. The third-order valence-corrected chi connectivity index (χ3v) is 3.02. The molecule has 104 valence electrons. The van der Waals surface area contributed by atoms with Crippen LogP contribution in [0.4, 0.5) is 0 Å². The Kier molecular flexibility index (Phi) is 3.42. The molecule has 0 radical (unpaired) electrons. The number of hydrogen-bond donors (Lipinski definition) is 1. The van der Waals surface area contributed by atoms with E-state index in [1.807, 2.05) is 30.3 Å². The highest BCUT2D eigenvalue weighted by molar-refractivity contribution is 5.92. The summed E-state index contributed by atoms with van der Waals surface area (Å²) in [6.45, 7) is 0.438. The van der Waals surface area contributed by atoms with E-state index in [1.54, 1.807) is 29.1 Å². The van der Waals surface area contributed by atoms with Gasteiger partial charge in [0.25, 0.3) is 0 Å². The van der Waals surface area contributed by atoms with Crippen molar-refractivity contribution in [1.29, 1.82) is 0 Å². The van der Waals surface area contributed by atoms with Crippen molar-refractivity contribution in [3.05, 3.63) is 66.0 Å². The number of aromatic carboxylic acids is 1. The number of carboxylic acids is 1. The second kappa shape index (κ2) is 5.54. The molecule has 3 rings (SSSR count). The molecule has 0 fully saturated rings. The summed E-state index contributed by atoms with van der Waals surface area (Å²) in [6.07, 6.45) is 1.61. The number of carboxylic acid groups (broad SMARTS) is 1. The van der Waals surface area contributed by atoms with Gasteiger partial charge in [-0.15, -0.1) is 5.10 Å². The van der Waals surface area contributed by atoms with Crippen molar-refractivity contribution in [1.82, 2.24) is 20.0 Å². The largest absolute Gasteiger partial charge is 0.476 e. The van der Waals surface area contributed by atoms with Gasteiger partial charge in [-0.1, -0.05) is 41.6 Å². The molecule has 6 heteroatoms. The summed E-state index contributed by atoms with van der Waals surface area (Å²) in [4.78, 5) is 15.5. The summed E-state index contributed by atoms with van der Waals surface area (Å²) < 4.78 is 1.56. The van der Waals surface area contributed by atoms with Crippen LogP contribution >= 0.6 is 0 Å². The molecule has 6 nitrogen and oxygen atoms in total. The maximum atomic E-state index is 11.3. The zero-order valence-electron chi connectivity index (χ0n) is 11.0.